The highest BCUT2D eigenvalue weighted by Gasteiger charge is 2.44. The van der Waals surface area contributed by atoms with Gasteiger partial charge in [-0.2, -0.15) is 23.1 Å². The Morgan fingerprint density at radius 1 is 0.938 bits per heavy atom. The topological polar surface area (TPSA) is 93.4 Å². The molecule has 4 heterocycles. The molecule has 0 N–H and O–H groups in total. The summed E-state index contributed by atoms with van der Waals surface area (Å²) in [6.45, 7) is 3.30. The molecule has 6 rings (SSSR count). The van der Waals surface area contributed by atoms with Gasteiger partial charge < -0.3 is 23.5 Å². The Hall–Kier alpha value is -4.62. The van der Waals surface area contributed by atoms with Crippen molar-refractivity contribution >= 4 is 5.91 Å². The van der Waals surface area contributed by atoms with Crippen LogP contribution in [0.4, 0.5) is 13.2 Å². The number of methoxy groups -OCH3 is 1. The fourth-order valence-corrected chi connectivity index (χ4v) is 6.76. The van der Waals surface area contributed by atoms with E-state index in [1.54, 1.807) is 13.0 Å². The van der Waals surface area contributed by atoms with Crippen LogP contribution in [-0.2, 0) is 6.54 Å². The number of carbonyl (C=O) groups excluding carboxylic acids is 1. The van der Waals surface area contributed by atoms with Gasteiger partial charge in [-0.1, -0.05) is 60.7 Å². The lowest BCUT2D eigenvalue weighted by Gasteiger charge is -2.53. The van der Waals surface area contributed by atoms with Gasteiger partial charge in [0.05, 0.1) is 31.1 Å². The Morgan fingerprint density at radius 3 is 2.23 bits per heavy atom. The number of alkyl halides is 3. The van der Waals surface area contributed by atoms with Crippen LogP contribution in [0.25, 0.3) is 0 Å². The van der Waals surface area contributed by atoms with E-state index in [2.05, 4.69) is 44.0 Å². The second-order valence-corrected chi connectivity index (χ2v) is 11.9. The van der Waals surface area contributed by atoms with Crippen molar-refractivity contribution in [3.05, 3.63) is 102 Å². The first-order valence-corrected chi connectivity index (χ1v) is 15.9. The number of fused-ring (bicyclic) bond motifs is 1. The maximum Gasteiger partial charge on any atom is 0.422 e. The molecule has 2 aromatic heterocycles. The van der Waals surface area contributed by atoms with Gasteiger partial charge in [0, 0.05) is 57.3 Å². The van der Waals surface area contributed by atoms with Crippen molar-refractivity contribution in [3.8, 4) is 17.8 Å². The van der Waals surface area contributed by atoms with Gasteiger partial charge in [0.15, 0.2) is 6.61 Å². The second kappa shape index (κ2) is 14.7. The third kappa shape index (κ3) is 7.57. The number of aromatic nitrogens is 2. The number of amides is 1. The Balaban J connectivity index is 1.38. The average Bonchev–Trinajstić information content (AvgIpc) is 3.64. The van der Waals surface area contributed by atoms with Gasteiger partial charge >= 0.3 is 12.2 Å². The zero-order chi connectivity index (χ0) is 33.7. The van der Waals surface area contributed by atoms with Crippen molar-refractivity contribution in [1.82, 2.24) is 24.7 Å². The van der Waals surface area contributed by atoms with Crippen LogP contribution in [-0.4, -0.2) is 102 Å². The highest BCUT2D eigenvalue weighted by atomic mass is 19.4. The Kier molecular flexibility index (Phi) is 10.2. The van der Waals surface area contributed by atoms with E-state index in [-0.39, 0.29) is 60.4 Å². The summed E-state index contributed by atoms with van der Waals surface area (Å²) >= 11 is 0. The molecule has 2 aliphatic heterocycles. The van der Waals surface area contributed by atoms with Gasteiger partial charge in [-0.15, -0.1) is 0 Å². The minimum atomic E-state index is -4.58. The quantitative estimate of drug-likeness (QED) is 0.213. The number of hydrogen-bond donors (Lipinski definition) is 0. The number of halogens is 3. The van der Waals surface area contributed by atoms with Gasteiger partial charge in [0.2, 0.25) is 11.8 Å². The Labute approximate surface area is 277 Å². The molecule has 2 atom stereocenters. The molecule has 1 amide bonds. The first kappa shape index (κ1) is 33.3. The summed E-state index contributed by atoms with van der Waals surface area (Å²) in [6, 6.07) is 22.0. The summed E-state index contributed by atoms with van der Waals surface area (Å²) in [5.41, 5.74) is 3.06. The van der Waals surface area contributed by atoms with Crippen LogP contribution in [0.1, 0.15) is 39.9 Å². The summed E-state index contributed by atoms with van der Waals surface area (Å²) in [4.78, 5) is 28.4. The normalized spacial score (nSPS) is 18.8. The molecule has 13 heteroatoms. The van der Waals surface area contributed by atoms with Crippen molar-refractivity contribution < 1.29 is 36.6 Å². The number of nitrogens with zero attached hydrogens (tertiary/aromatic N) is 5. The van der Waals surface area contributed by atoms with Crippen LogP contribution in [0.15, 0.2) is 83.7 Å². The third-order valence-electron chi connectivity index (χ3n) is 8.76. The van der Waals surface area contributed by atoms with Crippen LogP contribution in [0, 0.1) is 0 Å². The van der Waals surface area contributed by atoms with E-state index in [1.165, 1.54) is 19.6 Å². The van der Waals surface area contributed by atoms with Crippen LogP contribution < -0.4 is 14.2 Å². The molecule has 0 spiro atoms. The minimum Gasteiger partial charge on any atom is -0.481 e. The van der Waals surface area contributed by atoms with Crippen molar-refractivity contribution in [3.63, 3.8) is 0 Å². The van der Waals surface area contributed by atoms with Crippen molar-refractivity contribution in [2.45, 2.75) is 37.6 Å². The molecular weight excluding hydrogens is 627 g/mol. The van der Waals surface area contributed by atoms with Gasteiger partial charge in [-0.3, -0.25) is 14.6 Å². The SMILES string of the molecule is CCOc1nc(OC)c(CN2C[C@@H]3CN(C(=O)c4ccoc4)CCN3[C@H](C(c3ccccc3)c3ccccc3)C2)c(OCC(F)(F)F)n1. The lowest BCUT2D eigenvalue weighted by Crippen LogP contribution is -2.67. The average molecular weight is 666 g/mol. The van der Waals surface area contributed by atoms with E-state index < -0.39 is 12.8 Å². The maximum absolute atomic E-state index is 13.4. The Bertz CT molecular complexity index is 1600. The number of carbonyl (C=O) groups is 1. The maximum atomic E-state index is 13.4. The van der Waals surface area contributed by atoms with Crippen LogP contribution in [0.3, 0.4) is 0 Å². The van der Waals surface area contributed by atoms with Crippen molar-refractivity contribution in [2.75, 3.05) is 53.0 Å². The van der Waals surface area contributed by atoms with Crippen LogP contribution in [0.5, 0.6) is 17.8 Å². The minimum absolute atomic E-state index is 0.0340. The van der Waals surface area contributed by atoms with E-state index in [1.807, 2.05) is 41.3 Å². The highest BCUT2D eigenvalue weighted by Crippen LogP contribution is 2.38. The monoisotopic (exact) mass is 665 g/mol. The molecule has 0 unspecified atom stereocenters. The molecule has 2 aliphatic rings. The molecule has 4 aromatic rings. The number of hydrogen-bond acceptors (Lipinski definition) is 9. The van der Waals surface area contributed by atoms with E-state index in [9.17, 15) is 18.0 Å². The zero-order valence-corrected chi connectivity index (χ0v) is 26.8. The smallest absolute Gasteiger partial charge is 0.422 e. The number of piperazine rings is 2. The summed E-state index contributed by atoms with van der Waals surface area (Å²) in [5, 5.41) is 0. The molecular formula is C35H38F3N5O5. The lowest BCUT2D eigenvalue weighted by molar-refractivity contribution is -0.154. The zero-order valence-electron chi connectivity index (χ0n) is 26.8. The van der Waals surface area contributed by atoms with E-state index >= 15 is 0 Å². The number of furan rings is 1. The molecule has 0 bridgehead atoms. The van der Waals surface area contributed by atoms with Gasteiger partial charge in [0.25, 0.3) is 5.91 Å². The summed E-state index contributed by atoms with van der Waals surface area (Å²) in [6.07, 6.45) is -1.65. The molecule has 2 fully saturated rings. The molecule has 48 heavy (non-hydrogen) atoms. The van der Waals surface area contributed by atoms with Crippen molar-refractivity contribution in [1.29, 1.82) is 0 Å². The lowest BCUT2D eigenvalue weighted by atomic mass is 9.81. The molecule has 0 saturated carbocycles. The summed E-state index contributed by atoms with van der Waals surface area (Å²) < 4.78 is 61.4. The second-order valence-electron chi connectivity index (χ2n) is 11.9. The fraction of sp³-hybridized carbons (Fsp3) is 0.400. The summed E-state index contributed by atoms with van der Waals surface area (Å²) in [5.74, 6) is -0.310. The standard InChI is InChI=1S/C35H38F3N5O5/c1-3-47-34-39-31(45-2)28(32(40-34)48-23-35(36,37)38)20-41-18-27-19-42(33(44)26-14-17-46-22-26)15-16-43(27)29(21-41)30(24-10-6-4-7-11-24)25-12-8-5-9-13-25/h4-14,17,22,27,29-30H,3,15-16,18-21,23H2,1-2H3/t27-,29+/m1/s1. The summed E-state index contributed by atoms with van der Waals surface area (Å²) in [7, 11) is 1.40. The largest absolute Gasteiger partial charge is 0.481 e. The fourth-order valence-electron chi connectivity index (χ4n) is 6.76. The predicted molar refractivity (Wildman–Crippen MR) is 170 cm³/mol. The third-order valence-corrected chi connectivity index (χ3v) is 8.76. The first-order valence-electron chi connectivity index (χ1n) is 15.9. The van der Waals surface area contributed by atoms with Crippen LogP contribution >= 0.6 is 0 Å². The van der Waals surface area contributed by atoms with Gasteiger partial charge in [-0.25, -0.2) is 0 Å². The molecule has 0 radical (unpaired) electrons. The molecule has 2 saturated heterocycles. The number of benzene rings is 2. The molecule has 2 aromatic carbocycles. The van der Waals surface area contributed by atoms with E-state index in [0.717, 1.165) is 11.1 Å². The predicted octanol–water partition coefficient (Wildman–Crippen LogP) is 5.26. The van der Waals surface area contributed by atoms with Crippen molar-refractivity contribution in [2.24, 2.45) is 0 Å². The van der Waals surface area contributed by atoms with E-state index in [0.29, 0.717) is 38.3 Å². The molecule has 0 aliphatic carbocycles. The molecule has 254 valence electrons. The number of ether oxygens (including phenoxy) is 3. The first-order chi connectivity index (χ1) is 23.2. The van der Waals surface area contributed by atoms with E-state index in [4.69, 9.17) is 18.6 Å². The van der Waals surface area contributed by atoms with Crippen LogP contribution in [0.2, 0.25) is 0 Å². The Morgan fingerprint density at radius 2 is 1.62 bits per heavy atom. The molecule has 10 nitrogen and oxygen atoms in total. The van der Waals surface area contributed by atoms with Gasteiger partial charge in [0.1, 0.15) is 6.26 Å². The highest BCUT2D eigenvalue weighted by molar-refractivity contribution is 5.93. The number of rotatable bonds is 11. The van der Waals surface area contributed by atoms with Gasteiger partial charge in [-0.05, 0) is 24.1 Å².